The third kappa shape index (κ3) is 2.88. The van der Waals surface area contributed by atoms with Gasteiger partial charge in [-0.2, -0.15) is 0 Å². The molecule has 4 nitrogen and oxygen atoms in total. The topological polar surface area (TPSA) is 50.8 Å². The van der Waals surface area contributed by atoms with E-state index in [-0.39, 0.29) is 19.6 Å². The highest BCUT2D eigenvalue weighted by atomic mass is 19.3. The Morgan fingerprint density at radius 3 is 2.64 bits per heavy atom. The van der Waals surface area contributed by atoms with E-state index in [0.29, 0.717) is 5.84 Å². The molecule has 6 heteroatoms. The van der Waals surface area contributed by atoms with Crippen LogP contribution >= 0.6 is 0 Å². The maximum absolute atomic E-state index is 12.4. The fraction of sp³-hybridized carbons (Fsp3) is 0.875. The van der Waals surface area contributed by atoms with Crippen molar-refractivity contribution in [1.29, 1.82) is 0 Å². The van der Waals surface area contributed by atoms with Crippen LogP contribution in [0, 0.1) is 5.92 Å². The van der Waals surface area contributed by atoms with Gasteiger partial charge in [-0.1, -0.05) is 0 Å². The molecule has 0 saturated heterocycles. The van der Waals surface area contributed by atoms with E-state index in [1.165, 1.54) is 5.01 Å². The van der Waals surface area contributed by atoms with Gasteiger partial charge in [0.2, 0.25) is 0 Å². The molecule has 2 N–H and O–H groups in total. The second-order valence-electron chi connectivity index (χ2n) is 3.43. The highest BCUT2D eigenvalue weighted by Crippen LogP contribution is 2.48. The van der Waals surface area contributed by atoms with Gasteiger partial charge in [-0.15, -0.1) is 0 Å². The molecule has 0 aliphatic heterocycles. The zero-order valence-electron chi connectivity index (χ0n) is 8.33. The SMILES string of the molecule is C/N=C(/COCC1CC1(F)F)N(C)N. The number of hydrogen-bond acceptors (Lipinski definition) is 3. The zero-order valence-corrected chi connectivity index (χ0v) is 8.33. The van der Waals surface area contributed by atoms with Crippen molar-refractivity contribution in [1.82, 2.24) is 5.01 Å². The monoisotopic (exact) mass is 207 g/mol. The number of rotatable bonds is 4. The molecule has 1 fully saturated rings. The van der Waals surface area contributed by atoms with Crippen molar-refractivity contribution in [3.05, 3.63) is 0 Å². The van der Waals surface area contributed by atoms with E-state index in [2.05, 4.69) is 4.99 Å². The van der Waals surface area contributed by atoms with E-state index >= 15 is 0 Å². The molecular weight excluding hydrogens is 192 g/mol. The van der Waals surface area contributed by atoms with E-state index in [4.69, 9.17) is 10.6 Å². The summed E-state index contributed by atoms with van der Waals surface area (Å²) in [5.41, 5.74) is 0. The van der Waals surface area contributed by atoms with Crippen LogP contribution in [-0.2, 0) is 4.74 Å². The summed E-state index contributed by atoms with van der Waals surface area (Å²) in [4.78, 5) is 3.85. The van der Waals surface area contributed by atoms with Gasteiger partial charge in [0.25, 0.3) is 5.92 Å². The van der Waals surface area contributed by atoms with Crippen molar-refractivity contribution in [2.24, 2.45) is 16.8 Å². The van der Waals surface area contributed by atoms with Crippen LogP contribution < -0.4 is 5.84 Å². The number of nitrogens with zero attached hydrogens (tertiary/aromatic N) is 2. The third-order valence-electron chi connectivity index (χ3n) is 2.17. The van der Waals surface area contributed by atoms with Gasteiger partial charge in [-0.25, -0.2) is 14.6 Å². The summed E-state index contributed by atoms with van der Waals surface area (Å²) in [7, 11) is 3.20. The Morgan fingerprint density at radius 1 is 1.71 bits per heavy atom. The number of likely N-dealkylation sites (N-methyl/N-ethyl adjacent to an activating group) is 1. The van der Waals surface area contributed by atoms with Crippen molar-refractivity contribution in [2.75, 3.05) is 27.3 Å². The quantitative estimate of drug-likeness (QED) is 0.316. The number of hydrogen-bond donors (Lipinski definition) is 1. The maximum Gasteiger partial charge on any atom is 0.253 e. The van der Waals surface area contributed by atoms with Crippen molar-refractivity contribution in [3.8, 4) is 0 Å². The van der Waals surface area contributed by atoms with E-state index in [1.54, 1.807) is 14.1 Å². The molecule has 0 spiro atoms. The Bertz CT molecular complexity index is 231. The summed E-state index contributed by atoms with van der Waals surface area (Å²) < 4.78 is 29.9. The van der Waals surface area contributed by atoms with Crippen LogP contribution in [0.2, 0.25) is 0 Å². The second-order valence-corrected chi connectivity index (χ2v) is 3.43. The molecule has 1 rings (SSSR count). The first kappa shape index (κ1) is 11.3. The van der Waals surface area contributed by atoms with Crippen molar-refractivity contribution in [2.45, 2.75) is 12.3 Å². The third-order valence-corrected chi connectivity index (χ3v) is 2.17. The molecule has 0 aromatic carbocycles. The van der Waals surface area contributed by atoms with Crippen LogP contribution in [0.4, 0.5) is 8.78 Å². The fourth-order valence-corrected chi connectivity index (χ4v) is 1.07. The fourth-order valence-electron chi connectivity index (χ4n) is 1.07. The van der Waals surface area contributed by atoms with Gasteiger partial charge >= 0.3 is 0 Å². The Kier molecular flexibility index (Phi) is 3.38. The highest BCUT2D eigenvalue weighted by molar-refractivity contribution is 5.82. The lowest BCUT2D eigenvalue weighted by molar-refractivity contribution is 0.0637. The smallest absolute Gasteiger partial charge is 0.253 e. The van der Waals surface area contributed by atoms with Crippen LogP contribution in [0.3, 0.4) is 0 Å². The average Bonchev–Trinajstić information content (AvgIpc) is 2.67. The van der Waals surface area contributed by atoms with E-state index in [9.17, 15) is 8.78 Å². The number of alkyl halides is 2. The van der Waals surface area contributed by atoms with Gasteiger partial charge in [-0.3, -0.25) is 10.0 Å². The molecule has 0 aromatic rings. The van der Waals surface area contributed by atoms with E-state index in [0.717, 1.165) is 0 Å². The summed E-state index contributed by atoms with van der Waals surface area (Å²) >= 11 is 0. The molecule has 82 valence electrons. The molecule has 0 amide bonds. The molecule has 14 heavy (non-hydrogen) atoms. The number of nitrogens with two attached hydrogens (primary N) is 1. The Labute approximate surface area is 81.7 Å². The molecule has 0 heterocycles. The first-order valence-electron chi connectivity index (χ1n) is 4.37. The molecule has 1 atom stereocenters. The standard InChI is InChI=1S/C8H15F2N3O/c1-12-7(13(2)11)5-14-4-6-3-8(6,9)10/h6H,3-5,11H2,1-2H3/b12-7-. The van der Waals surface area contributed by atoms with E-state index in [1.807, 2.05) is 0 Å². The lowest BCUT2D eigenvalue weighted by atomic mass is 10.4. The molecule has 1 aliphatic carbocycles. The summed E-state index contributed by atoms with van der Waals surface area (Å²) in [6, 6.07) is 0. The normalized spacial score (nSPS) is 24.9. The number of amidine groups is 1. The first-order chi connectivity index (χ1) is 6.47. The molecule has 1 unspecified atom stereocenters. The molecule has 1 aliphatic rings. The van der Waals surface area contributed by atoms with Gasteiger partial charge < -0.3 is 4.74 Å². The van der Waals surface area contributed by atoms with Gasteiger partial charge in [0.05, 0.1) is 12.5 Å². The number of halogens is 2. The summed E-state index contributed by atoms with van der Waals surface area (Å²) in [6.07, 6.45) is -0.0654. The van der Waals surface area contributed by atoms with Crippen LogP contribution in [0.25, 0.3) is 0 Å². The number of aliphatic imine (C=N–C) groups is 1. The second kappa shape index (κ2) is 4.18. The Hall–Kier alpha value is -0.750. The van der Waals surface area contributed by atoms with Gasteiger partial charge in [0, 0.05) is 20.5 Å². The summed E-state index contributed by atoms with van der Waals surface area (Å²) in [5, 5.41) is 1.31. The van der Waals surface area contributed by atoms with Gasteiger partial charge in [0.1, 0.15) is 12.4 Å². The van der Waals surface area contributed by atoms with Crippen molar-refractivity contribution < 1.29 is 13.5 Å². The number of hydrazine groups is 1. The first-order valence-corrected chi connectivity index (χ1v) is 4.37. The van der Waals surface area contributed by atoms with Crippen molar-refractivity contribution >= 4 is 5.84 Å². The highest BCUT2D eigenvalue weighted by Gasteiger charge is 2.56. The zero-order chi connectivity index (χ0) is 10.8. The molecular formula is C8H15F2N3O. The summed E-state index contributed by atoms with van der Waals surface area (Å²) in [5.74, 6) is 2.81. The predicted molar refractivity (Wildman–Crippen MR) is 49.2 cm³/mol. The largest absolute Gasteiger partial charge is 0.373 e. The van der Waals surface area contributed by atoms with E-state index < -0.39 is 11.8 Å². The molecule has 0 aromatic heterocycles. The molecule has 0 radical (unpaired) electrons. The lowest BCUT2D eigenvalue weighted by Gasteiger charge is -2.14. The minimum absolute atomic E-state index is 0.0654. The predicted octanol–water partition coefficient (Wildman–Crippen LogP) is 0.492. The van der Waals surface area contributed by atoms with Crippen molar-refractivity contribution in [3.63, 3.8) is 0 Å². The summed E-state index contributed by atoms with van der Waals surface area (Å²) in [6.45, 7) is 0.246. The van der Waals surface area contributed by atoms with Crippen LogP contribution in [0.15, 0.2) is 4.99 Å². The Morgan fingerprint density at radius 2 is 2.29 bits per heavy atom. The minimum atomic E-state index is -2.52. The van der Waals surface area contributed by atoms with Crippen LogP contribution in [-0.4, -0.2) is 44.1 Å². The van der Waals surface area contributed by atoms with Crippen LogP contribution in [0.1, 0.15) is 6.42 Å². The van der Waals surface area contributed by atoms with Gasteiger partial charge in [-0.05, 0) is 0 Å². The molecule has 0 bridgehead atoms. The molecule has 1 saturated carbocycles. The lowest BCUT2D eigenvalue weighted by Crippen LogP contribution is -2.36. The average molecular weight is 207 g/mol. The van der Waals surface area contributed by atoms with Gasteiger partial charge in [0.15, 0.2) is 0 Å². The van der Waals surface area contributed by atoms with Crippen LogP contribution in [0.5, 0.6) is 0 Å². The minimum Gasteiger partial charge on any atom is -0.373 e. The maximum atomic E-state index is 12.4. The number of ether oxygens (including phenoxy) is 1. The Balaban J connectivity index is 2.16.